The van der Waals surface area contributed by atoms with E-state index in [4.69, 9.17) is 32.7 Å². The summed E-state index contributed by atoms with van der Waals surface area (Å²) >= 11 is 12.4. The number of rotatable bonds is 14. The van der Waals surface area contributed by atoms with Crippen LogP contribution in [0.15, 0.2) is 71.6 Å². The number of anilines is 1. The van der Waals surface area contributed by atoms with Crippen molar-refractivity contribution in [2.75, 3.05) is 31.6 Å². The van der Waals surface area contributed by atoms with Crippen LogP contribution in [-0.4, -0.2) is 58.5 Å². The summed E-state index contributed by atoms with van der Waals surface area (Å²) in [5.74, 6) is -0.0153. The van der Waals surface area contributed by atoms with E-state index in [2.05, 4.69) is 5.32 Å². The topological polar surface area (TPSA) is 105 Å². The number of amides is 2. The van der Waals surface area contributed by atoms with Crippen LogP contribution in [0.4, 0.5) is 5.69 Å². The number of carbonyl (C=O) groups excluding carboxylic acids is 2. The van der Waals surface area contributed by atoms with Crippen molar-refractivity contribution in [1.82, 2.24) is 10.2 Å². The van der Waals surface area contributed by atoms with Gasteiger partial charge in [-0.05, 0) is 66.4 Å². The molecule has 1 atom stereocenters. The molecule has 0 bridgehead atoms. The molecule has 3 aromatic carbocycles. The first-order valence-corrected chi connectivity index (χ1v) is 15.9. The first-order chi connectivity index (χ1) is 20.4. The van der Waals surface area contributed by atoms with E-state index in [0.29, 0.717) is 27.9 Å². The van der Waals surface area contributed by atoms with E-state index < -0.39 is 28.5 Å². The van der Waals surface area contributed by atoms with Crippen LogP contribution in [0.25, 0.3) is 0 Å². The Morgan fingerprint density at radius 3 is 2.19 bits per heavy atom. The first kappa shape index (κ1) is 34.0. The summed E-state index contributed by atoms with van der Waals surface area (Å²) in [4.78, 5) is 28.9. The Morgan fingerprint density at radius 2 is 1.60 bits per heavy atom. The minimum absolute atomic E-state index is 0.00826. The zero-order valence-electron chi connectivity index (χ0n) is 24.8. The van der Waals surface area contributed by atoms with Gasteiger partial charge in [-0.1, -0.05) is 62.2 Å². The SMILES string of the molecule is CCC(C(=O)NCC(C)C)N(Cc1ccc(Cl)c(Cl)c1)C(=O)CN(c1ccccc1OC)S(=O)(=O)c1ccc(OC)cc1. The van der Waals surface area contributed by atoms with E-state index in [1.807, 2.05) is 13.8 Å². The minimum atomic E-state index is -4.29. The summed E-state index contributed by atoms with van der Waals surface area (Å²) in [5.41, 5.74) is 0.792. The minimum Gasteiger partial charge on any atom is -0.497 e. The summed E-state index contributed by atoms with van der Waals surface area (Å²) in [5, 5.41) is 3.54. The Bertz CT molecular complexity index is 1520. The zero-order valence-corrected chi connectivity index (χ0v) is 27.2. The molecule has 12 heteroatoms. The molecule has 3 aromatic rings. The van der Waals surface area contributed by atoms with E-state index in [9.17, 15) is 18.0 Å². The molecule has 0 aromatic heterocycles. The average Bonchev–Trinajstić information content (AvgIpc) is 3.00. The lowest BCUT2D eigenvalue weighted by Gasteiger charge is -2.33. The number of hydrogen-bond donors (Lipinski definition) is 1. The van der Waals surface area contributed by atoms with Gasteiger partial charge in [-0.2, -0.15) is 0 Å². The van der Waals surface area contributed by atoms with Gasteiger partial charge in [0, 0.05) is 13.1 Å². The van der Waals surface area contributed by atoms with Gasteiger partial charge >= 0.3 is 0 Å². The molecule has 43 heavy (non-hydrogen) atoms. The van der Waals surface area contributed by atoms with Crippen LogP contribution in [0.1, 0.15) is 32.8 Å². The number of nitrogens with one attached hydrogen (secondary N) is 1. The van der Waals surface area contributed by atoms with Gasteiger partial charge in [-0.15, -0.1) is 0 Å². The van der Waals surface area contributed by atoms with Crippen LogP contribution >= 0.6 is 23.2 Å². The highest BCUT2D eigenvalue weighted by Crippen LogP contribution is 2.33. The van der Waals surface area contributed by atoms with Crippen LogP contribution < -0.4 is 19.1 Å². The molecule has 0 spiro atoms. The standard InChI is InChI=1S/C31H37Cl2N3O6S/c1-6-27(31(38)34-18-21(2)3)35(19-22-11-16-25(32)26(33)17-22)30(37)20-36(28-9-7-8-10-29(28)42-5)43(39,40)24-14-12-23(41-4)13-15-24/h7-17,21,27H,6,18-20H2,1-5H3,(H,34,38). The van der Waals surface area contributed by atoms with Crippen molar-refractivity contribution in [2.45, 2.75) is 44.7 Å². The molecular weight excluding hydrogens is 613 g/mol. The van der Waals surface area contributed by atoms with Gasteiger partial charge in [-0.25, -0.2) is 8.42 Å². The number of methoxy groups -OCH3 is 2. The van der Waals surface area contributed by atoms with Crippen molar-refractivity contribution < 1.29 is 27.5 Å². The number of hydrogen-bond acceptors (Lipinski definition) is 6. The Morgan fingerprint density at radius 1 is 0.930 bits per heavy atom. The van der Waals surface area contributed by atoms with E-state index in [-0.39, 0.29) is 41.1 Å². The molecule has 0 saturated carbocycles. The fourth-order valence-electron chi connectivity index (χ4n) is 4.40. The van der Waals surface area contributed by atoms with Crippen molar-refractivity contribution in [3.8, 4) is 11.5 Å². The molecule has 0 heterocycles. The van der Waals surface area contributed by atoms with E-state index >= 15 is 0 Å². The third kappa shape index (κ3) is 8.55. The number of nitrogens with zero attached hydrogens (tertiary/aromatic N) is 2. The largest absolute Gasteiger partial charge is 0.497 e. The quantitative estimate of drug-likeness (QED) is 0.237. The van der Waals surface area contributed by atoms with Gasteiger partial charge in [0.25, 0.3) is 10.0 Å². The maximum absolute atomic E-state index is 14.2. The molecular formula is C31H37Cl2N3O6S. The molecule has 0 radical (unpaired) electrons. The highest BCUT2D eigenvalue weighted by Gasteiger charge is 2.34. The molecule has 1 unspecified atom stereocenters. The summed E-state index contributed by atoms with van der Waals surface area (Å²) in [6.07, 6.45) is 0.289. The van der Waals surface area contributed by atoms with Crippen LogP contribution in [-0.2, 0) is 26.2 Å². The monoisotopic (exact) mass is 649 g/mol. The third-order valence-electron chi connectivity index (χ3n) is 6.69. The van der Waals surface area contributed by atoms with Crippen LogP contribution in [0.2, 0.25) is 10.0 Å². The lowest BCUT2D eigenvalue weighted by atomic mass is 10.1. The van der Waals surface area contributed by atoms with Crippen LogP contribution in [0.5, 0.6) is 11.5 Å². The van der Waals surface area contributed by atoms with Gasteiger partial charge in [0.05, 0.1) is 34.8 Å². The maximum atomic E-state index is 14.2. The Kier molecular flexibility index (Phi) is 12.1. The highest BCUT2D eigenvalue weighted by atomic mass is 35.5. The molecule has 0 fully saturated rings. The fourth-order valence-corrected chi connectivity index (χ4v) is 6.15. The Labute approximate surface area is 263 Å². The zero-order chi connectivity index (χ0) is 31.7. The smallest absolute Gasteiger partial charge is 0.264 e. The molecule has 3 rings (SSSR count). The van der Waals surface area contributed by atoms with Gasteiger partial charge in [0.2, 0.25) is 11.8 Å². The van der Waals surface area contributed by atoms with Gasteiger partial charge < -0.3 is 19.7 Å². The Balaban J connectivity index is 2.10. The third-order valence-corrected chi connectivity index (χ3v) is 9.20. The summed E-state index contributed by atoms with van der Waals surface area (Å²) < 4.78 is 39.8. The van der Waals surface area contributed by atoms with Crippen molar-refractivity contribution in [1.29, 1.82) is 0 Å². The van der Waals surface area contributed by atoms with Gasteiger partial charge in [0.1, 0.15) is 24.1 Å². The number of para-hydroxylation sites is 2. The lowest BCUT2D eigenvalue weighted by Crippen LogP contribution is -2.52. The van der Waals surface area contributed by atoms with E-state index in [1.165, 1.54) is 43.4 Å². The first-order valence-electron chi connectivity index (χ1n) is 13.7. The van der Waals surface area contributed by atoms with Crippen molar-refractivity contribution in [3.63, 3.8) is 0 Å². The predicted octanol–water partition coefficient (Wildman–Crippen LogP) is 5.79. The number of ether oxygens (including phenoxy) is 2. The lowest BCUT2D eigenvalue weighted by molar-refractivity contribution is -0.140. The molecule has 1 N–H and O–H groups in total. The molecule has 2 amide bonds. The second-order valence-corrected chi connectivity index (χ2v) is 12.9. The molecule has 9 nitrogen and oxygen atoms in total. The summed E-state index contributed by atoms with van der Waals surface area (Å²) in [6, 6.07) is 16.4. The number of sulfonamides is 1. The second kappa shape index (κ2) is 15.3. The van der Waals surface area contributed by atoms with Crippen LogP contribution in [0.3, 0.4) is 0 Å². The van der Waals surface area contributed by atoms with E-state index in [0.717, 1.165) is 4.31 Å². The number of halogens is 2. The average molecular weight is 651 g/mol. The van der Waals surface area contributed by atoms with Gasteiger partial charge in [0.15, 0.2) is 0 Å². The highest BCUT2D eigenvalue weighted by molar-refractivity contribution is 7.92. The van der Waals surface area contributed by atoms with Gasteiger partial charge in [-0.3, -0.25) is 13.9 Å². The predicted molar refractivity (Wildman–Crippen MR) is 169 cm³/mol. The maximum Gasteiger partial charge on any atom is 0.264 e. The molecule has 0 saturated heterocycles. The number of carbonyl (C=O) groups is 2. The molecule has 0 aliphatic carbocycles. The number of benzene rings is 3. The Hall–Kier alpha value is -3.47. The van der Waals surface area contributed by atoms with Crippen LogP contribution in [0, 0.1) is 5.92 Å². The molecule has 0 aliphatic heterocycles. The normalized spacial score (nSPS) is 12.0. The molecule has 232 valence electrons. The fraction of sp³-hybridized carbons (Fsp3) is 0.355. The summed E-state index contributed by atoms with van der Waals surface area (Å²) in [7, 11) is -1.39. The van der Waals surface area contributed by atoms with Crippen molar-refractivity contribution >= 4 is 50.7 Å². The summed E-state index contributed by atoms with van der Waals surface area (Å²) in [6.45, 7) is 5.53. The van der Waals surface area contributed by atoms with E-state index in [1.54, 1.807) is 49.4 Å². The van der Waals surface area contributed by atoms with Crippen molar-refractivity contribution in [3.05, 3.63) is 82.3 Å². The second-order valence-electron chi connectivity index (χ2n) is 10.2. The van der Waals surface area contributed by atoms with Crippen molar-refractivity contribution in [2.24, 2.45) is 5.92 Å². The molecule has 0 aliphatic rings.